The first-order chi connectivity index (χ1) is 12.8. The van der Waals surface area contributed by atoms with Crippen LogP contribution >= 0.6 is 0 Å². The molecule has 27 heavy (non-hydrogen) atoms. The maximum absolute atomic E-state index is 11.7. The second-order valence-corrected chi connectivity index (χ2v) is 6.75. The number of aliphatic carboxylic acids is 1. The van der Waals surface area contributed by atoms with Gasteiger partial charge in [0.1, 0.15) is 6.33 Å². The monoisotopic (exact) mass is 371 g/mol. The first-order valence-corrected chi connectivity index (χ1v) is 8.67. The molecule has 0 spiro atoms. The van der Waals surface area contributed by atoms with E-state index in [9.17, 15) is 14.9 Å². The van der Waals surface area contributed by atoms with Gasteiger partial charge in [-0.25, -0.2) is 9.97 Å². The van der Waals surface area contributed by atoms with E-state index in [-0.39, 0.29) is 17.3 Å². The Balaban J connectivity index is 1.91. The van der Waals surface area contributed by atoms with E-state index < -0.39 is 16.8 Å². The first-order valence-electron chi connectivity index (χ1n) is 8.67. The number of nitro groups is 1. The van der Waals surface area contributed by atoms with Gasteiger partial charge in [0.15, 0.2) is 0 Å². The van der Waals surface area contributed by atoms with Crippen LogP contribution in [0.15, 0.2) is 24.5 Å². The summed E-state index contributed by atoms with van der Waals surface area (Å²) in [6, 6.07) is 5.78. The minimum absolute atomic E-state index is 0.121. The normalized spacial score (nSPS) is 14.8. The molecule has 2 aromatic rings. The summed E-state index contributed by atoms with van der Waals surface area (Å²) in [6.07, 6.45) is 2.14. The summed E-state index contributed by atoms with van der Waals surface area (Å²) in [7, 11) is 0. The largest absolute Gasteiger partial charge is 0.481 e. The van der Waals surface area contributed by atoms with E-state index in [4.69, 9.17) is 5.11 Å². The lowest BCUT2D eigenvalue weighted by Crippen LogP contribution is -2.37. The van der Waals surface area contributed by atoms with Gasteiger partial charge in [0.05, 0.1) is 10.8 Å². The minimum atomic E-state index is -0.830. The van der Waals surface area contributed by atoms with Crippen molar-refractivity contribution in [3.63, 3.8) is 0 Å². The van der Waals surface area contributed by atoms with Gasteiger partial charge in [-0.15, -0.1) is 0 Å². The molecule has 1 aromatic carbocycles. The number of benzene rings is 1. The fourth-order valence-electron chi connectivity index (χ4n) is 3.38. The van der Waals surface area contributed by atoms with Crippen LogP contribution in [0.25, 0.3) is 0 Å². The molecule has 9 nitrogen and oxygen atoms in total. The van der Waals surface area contributed by atoms with Crippen molar-refractivity contribution in [3.8, 4) is 0 Å². The number of hydrogen-bond acceptors (Lipinski definition) is 7. The van der Waals surface area contributed by atoms with Gasteiger partial charge in [-0.1, -0.05) is 6.07 Å². The number of piperidine rings is 1. The highest BCUT2D eigenvalue weighted by Crippen LogP contribution is 2.35. The van der Waals surface area contributed by atoms with E-state index in [1.54, 1.807) is 4.90 Å². The first kappa shape index (κ1) is 18.6. The number of hydrogen-bond donors (Lipinski definition) is 2. The Hall–Kier alpha value is -3.23. The lowest BCUT2D eigenvalue weighted by atomic mass is 9.97. The van der Waals surface area contributed by atoms with Gasteiger partial charge in [-0.2, -0.15) is 0 Å². The Morgan fingerprint density at radius 3 is 2.41 bits per heavy atom. The average Bonchev–Trinajstić information content (AvgIpc) is 2.60. The van der Waals surface area contributed by atoms with Gasteiger partial charge in [0.25, 0.3) is 0 Å². The van der Waals surface area contributed by atoms with Crippen LogP contribution in [0.2, 0.25) is 0 Å². The highest BCUT2D eigenvalue weighted by molar-refractivity contribution is 5.75. The Morgan fingerprint density at radius 2 is 1.85 bits per heavy atom. The van der Waals surface area contributed by atoms with Crippen LogP contribution in [0.1, 0.15) is 24.0 Å². The Kier molecular flexibility index (Phi) is 5.20. The van der Waals surface area contributed by atoms with Crippen LogP contribution in [0.3, 0.4) is 0 Å². The van der Waals surface area contributed by atoms with Crippen molar-refractivity contribution in [1.82, 2.24) is 9.97 Å². The predicted molar refractivity (Wildman–Crippen MR) is 100 cm³/mol. The van der Waals surface area contributed by atoms with E-state index in [1.807, 2.05) is 32.0 Å². The average molecular weight is 371 g/mol. The fourth-order valence-corrected chi connectivity index (χ4v) is 3.38. The molecule has 0 radical (unpaired) electrons. The lowest BCUT2D eigenvalue weighted by Gasteiger charge is -2.30. The maximum Gasteiger partial charge on any atom is 0.353 e. The summed E-state index contributed by atoms with van der Waals surface area (Å²) in [6.45, 7) is 4.70. The van der Waals surface area contributed by atoms with Crippen molar-refractivity contribution in [2.75, 3.05) is 23.3 Å². The summed E-state index contributed by atoms with van der Waals surface area (Å²) in [5.74, 6) is -0.917. The zero-order valence-corrected chi connectivity index (χ0v) is 15.2. The van der Waals surface area contributed by atoms with Crippen molar-refractivity contribution in [1.29, 1.82) is 0 Å². The number of aromatic nitrogens is 2. The molecule has 0 bridgehead atoms. The number of anilines is 3. The van der Waals surface area contributed by atoms with Gasteiger partial charge in [0, 0.05) is 18.8 Å². The quantitative estimate of drug-likeness (QED) is 0.607. The molecule has 1 fully saturated rings. The molecule has 0 saturated carbocycles. The third kappa shape index (κ3) is 4.13. The minimum Gasteiger partial charge on any atom is -0.481 e. The van der Waals surface area contributed by atoms with Crippen molar-refractivity contribution in [2.24, 2.45) is 5.92 Å². The van der Waals surface area contributed by atoms with Crippen molar-refractivity contribution in [2.45, 2.75) is 26.7 Å². The number of carbonyl (C=O) groups is 1. The van der Waals surface area contributed by atoms with Crippen LogP contribution in [-0.2, 0) is 4.79 Å². The summed E-state index contributed by atoms with van der Waals surface area (Å²) in [5.41, 5.74) is 2.57. The molecule has 142 valence electrons. The fraction of sp³-hybridized carbons (Fsp3) is 0.389. The van der Waals surface area contributed by atoms with Crippen LogP contribution in [-0.4, -0.2) is 39.1 Å². The summed E-state index contributed by atoms with van der Waals surface area (Å²) in [4.78, 5) is 32.3. The zero-order valence-electron chi connectivity index (χ0n) is 15.2. The molecule has 1 saturated heterocycles. The molecule has 0 atom stereocenters. The van der Waals surface area contributed by atoms with Crippen molar-refractivity contribution >= 4 is 29.0 Å². The molecule has 0 aliphatic carbocycles. The van der Waals surface area contributed by atoms with E-state index in [2.05, 4.69) is 15.3 Å². The van der Waals surface area contributed by atoms with Crippen LogP contribution < -0.4 is 10.2 Å². The summed E-state index contributed by atoms with van der Waals surface area (Å²) < 4.78 is 0. The van der Waals surface area contributed by atoms with Gasteiger partial charge < -0.3 is 15.3 Å². The Bertz CT molecular complexity index is 858. The molecule has 2 heterocycles. The number of carboxylic acid groups (broad SMARTS) is 1. The van der Waals surface area contributed by atoms with Gasteiger partial charge in [-0.05, 0) is 49.9 Å². The number of nitrogens with zero attached hydrogens (tertiary/aromatic N) is 4. The van der Waals surface area contributed by atoms with Gasteiger partial charge >= 0.3 is 11.7 Å². The molecular weight excluding hydrogens is 350 g/mol. The number of aryl methyl sites for hydroxylation is 2. The van der Waals surface area contributed by atoms with Gasteiger partial charge in [-0.3, -0.25) is 14.9 Å². The Labute approximate surface area is 156 Å². The predicted octanol–water partition coefficient (Wildman–Crippen LogP) is 3.05. The third-order valence-corrected chi connectivity index (χ3v) is 4.61. The third-order valence-electron chi connectivity index (χ3n) is 4.61. The second kappa shape index (κ2) is 7.56. The van der Waals surface area contributed by atoms with Crippen LogP contribution in [0, 0.1) is 29.9 Å². The van der Waals surface area contributed by atoms with Crippen LogP contribution in [0.4, 0.5) is 23.0 Å². The van der Waals surface area contributed by atoms with E-state index in [0.29, 0.717) is 31.6 Å². The standard InChI is InChI=1S/C18H21N5O4/c1-11-7-12(2)9-14(8-11)21-16-15(23(26)27)17(20-10-19-16)22-5-3-13(4-6-22)18(24)25/h7-10,13H,3-6H2,1-2H3,(H,24,25)(H,19,20,21). The second-order valence-electron chi connectivity index (χ2n) is 6.75. The molecule has 9 heteroatoms. The maximum atomic E-state index is 11.7. The molecule has 0 amide bonds. The van der Waals surface area contributed by atoms with E-state index >= 15 is 0 Å². The molecule has 3 rings (SSSR count). The molecule has 1 aliphatic rings. The highest BCUT2D eigenvalue weighted by Gasteiger charge is 2.31. The topological polar surface area (TPSA) is 121 Å². The molecule has 2 N–H and O–H groups in total. The smallest absolute Gasteiger partial charge is 0.353 e. The van der Waals surface area contributed by atoms with Crippen molar-refractivity contribution < 1.29 is 14.8 Å². The molecule has 0 unspecified atom stereocenters. The number of carboxylic acids is 1. The SMILES string of the molecule is Cc1cc(C)cc(Nc2ncnc(N3CCC(C(=O)O)CC3)c2[N+](=O)[O-])c1. The van der Waals surface area contributed by atoms with Crippen molar-refractivity contribution in [3.05, 3.63) is 45.8 Å². The number of rotatable bonds is 5. The molecular formula is C18H21N5O4. The Morgan fingerprint density at radius 1 is 1.22 bits per heavy atom. The summed E-state index contributed by atoms with van der Waals surface area (Å²) >= 11 is 0. The molecule has 1 aliphatic heterocycles. The molecule has 1 aromatic heterocycles. The highest BCUT2D eigenvalue weighted by atomic mass is 16.6. The van der Waals surface area contributed by atoms with E-state index in [1.165, 1.54) is 6.33 Å². The summed E-state index contributed by atoms with van der Waals surface area (Å²) in [5, 5.41) is 23.9. The zero-order chi connectivity index (χ0) is 19.6. The van der Waals surface area contributed by atoms with Crippen LogP contribution in [0.5, 0.6) is 0 Å². The lowest BCUT2D eigenvalue weighted by molar-refractivity contribution is -0.383. The van der Waals surface area contributed by atoms with Gasteiger partial charge in [0.2, 0.25) is 11.6 Å². The van der Waals surface area contributed by atoms with E-state index in [0.717, 1.165) is 11.1 Å². The number of nitrogens with one attached hydrogen (secondary N) is 1.